The maximum absolute atomic E-state index is 12.4. The first-order chi connectivity index (χ1) is 7.98. The lowest BCUT2D eigenvalue weighted by atomic mass is 9.90. The molecule has 2 rings (SSSR count). The van der Waals surface area contributed by atoms with Crippen LogP contribution in [0.25, 0.3) is 0 Å². The van der Waals surface area contributed by atoms with Crippen LogP contribution in [-0.4, -0.2) is 41.4 Å². The first kappa shape index (κ1) is 12.9. The molecule has 1 atom stereocenters. The molecule has 1 aliphatic carbocycles. The molecule has 0 spiro atoms. The third-order valence-electron chi connectivity index (χ3n) is 3.86. The predicted molar refractivity (Wildman–Crippen MR) is 58.5 cm³/mol. The first-order valence-electron chi connectivity index (χ1n) is 6.12. The molecule has 0 radical (unpaired) electrons. The van der Waals surface area contributed by atoms with Crippen molar-refractivity contribution in [3.63, 3.8) is 0 Å². The molecule has 2 aliphatic rings. The number of halogens is 3. The van der Waals surface area contributed by atoms with Crippen LogP contribution in [0.3, 0.4) is 0 Å². The number of hydrogen-bond acceptors (Lipinski definition) is 2. The summed E-state index contributed by atoms with van der Waals surface area (Å²) in [5.41, 5.74) is 0. The molecule has 1 N–H and O–H groups in total. The minimum Gasteiger partial charge on any atom is -0.383 e. The van der Waals surface area contributed by atoms with Crippen LogP contribution in [0.4, 0.5) is 13.2 Å². The fourth-order valence-corrected chi connectivity index (χ4v) is 2.77. The van der Waals surface area contributed by atoms with Crippen LogP contribution in [0.1, 0.15) is 25.7 Å². The second-order valence-corrected chi connectivity index (χ2v) is 4.96. The highest BCUT2D eigenvalue weighted by molar-refractivity contribution is 4.99. The number of rotatable bonds is 2. The van der Waals surface area contributed by atoms with E-state index in [2.05, 4.69) is 17.1 Å². The van der Waals surface area contributed by atoms with Crippen LogP contribution in [0.2, 0.25) is 0 Å². The molecule has 98 valence electrons. The number of nitrogens with zero attached hydrogens (tertiary/aromatic N) is 1. The Kier molecular flexibility index (Phi) is 3.78. The minimum atomic E-state index is -4.47. The van der Waals surface area contributed by atoms with Gasteiger partial charge in [-0.3, -0.25) is 4.90 Å². The lowest BCUT2D eigenvalue weighted by Gasteiger charge is -2.37. The molecular formula is C12H18F3NO. The first-order valence-corrected chi connectivity index (χ1v) is 6.12. The summed E-state index contributed by atoms with van der Waals surface area (Å²) in [6, 6.07) is 0.471. The van der Waals surface area contributed by atoms with Gasteiger partial charge in [0.1, 0.15) is 0 Å². The molecule has 0 bridgehead atoms. The molecule has 1 aliphatic heterocycles. The zero-order valence-electron chi connectivity index (χ0n) is 9.66. The average molecular weight is 249 g/mol. The van der Waals surface area contributed by atoms with Gasteiger partial charge in [-0.05, 0) is 44.7 Å². The Bertz CT molecular complexity index is 274. The number of piperidine rings is 1. The van der Waals surface area contributed by atoms with Crippen molar-refractivity contribution in [2.75, 3.05) is 13.1 Å². The predicted octanol–water partition coefficient (Wildman–Crippen LogP) is 2.34. The zero-order chi connectivity index (χ0) is 12.5. The molecular weight excluding hydrogens is 231 g/mol. The third-order valence-corrected chi connectivity index (χ3v) is 3.86. The van der Waals surface area contributed by atoms with Gasteiger partial charge in [0.05, 0.1) is 0 Å². The Hall–Kier alpha value is -0.550. The lowest BCUT2D eigenvalue weighted by molar-refractivity contribution is -0.223. The summed E-state index contributed by atoms with van der Waals surface area (Å²) in [7, 11) is 0. The van der Waals surface area contributed by atoms with Crippen molar-refractivity contribution in [3.05, 3.63) is 12.2 Å². The Balaban J connectivity index is 1.81. The molecule has 0 amide bonds. The Morgan fingerprint density at radius 2 is 1.65 bits per heavy atom. The van der Waals surface area contributed by atoms with Gasteiger partial charge < -0.3 is 5.11 Å². The number of aliphatic hydroxyl groups excluding tert-OH is 1. The van der Waals surface area contributed by atoms with E-state index in [1.165, 1.54) is 0 Å². The van der Waals surface area contributed by atoms with E-state index in [4.69, 9.17) is 0 Å². The molecule has 1 fully saturated rings. The monoisotopic (exact) mass is 249 g/mol. The van der Waals surface area contributed by atoms with Gasteiger partial charge in [-0.1, -0.05) is 12.2 Å². The van der Waals surface area contributed by atoms with Gasteiger partial charge in [0, 0.05) is 6.04 Å². The van der Waals surface area contributed by atoms with Crippen molar-refractivity contribution in [3.8, 4) is 0 Å². The molecule has 0 saturated carbocycles. The van der Waals surface area contributed by atoms with E-state index in [9.17, 15) is 18.3 Å². The molecule has 2 nitrogen and oxygen atoms in total. The summed E-state index contributed by atoms with van der Waals surface area (Å²) in [5.74, 6) is -0.624. The van der Waals surface area contributed by atoms with Gasteiger partial charge in [0.25, 0.3) is 0 Å². The van der Waals surface area contributed by atoms with Crippen LogP contribution >= 0.6 is 0 Å². The average Bonchev–Trinajstić information content (AvgIpc) is 2.80. The van der Waals surface area contributed by atoms with Crippen molar-refractivity contribution < 1.29 is 18.3 Å². The molecule has 1 saturated heterocycles. The molecule has 0 aromatic carbocycles. The molecule has 1 unspecified atom stereocenters. The van der Waals surface area contributed by atoms with E-state index in [0.717, 1.165) is 12.8 Å². The highest BCUT2D eigenvalue weighted by atomic mass is 19.4. The molecule has 5 heteroatoms. The highest BCUT2D eigenvalue weighted by Gasteiger charge is 2.44. The van der Waals surface area contributed by atoms with E-state index in [-0.39, 0.29) is 0 Å². The van der Waals surface area contributed by atoms with Gasteiger partial charge in [-0.25, -0.2) is 0 Å². The van der Waals surface area contributed by atoms with E-state index in [1.807, 2.05) is 0 Å². The second-order valence-electron chi connectivity index (χ2n) is 4.96. The van der Waals surface area contributed by atoms with Crippen LogP contribution in [-0.2, 0) is 0 Å². The SMILES string of the molecule is OC(C1CCN(C2CC=CC2)CC1)C(F)(F)F. The summed E-state index contributed by atoms with van der Waals surface area (Å²) in [6.45, 7) is 1.34. The van der Waals surface area contributed by atoms with E-state index in [0.29, 0.717) is 32.0 Å². The van der Waals surface area contributed by atoms with Crippen molar-refractivity contribution in [2.45, 2.75) is 44.0 Å². The van der Waals surface area contributed by atoms with Gasteiger partial charge in [0.15, 0.2) is 6.10 Å². The Morgan fingerprint density at radius 1 is 1.12 bits per heavy atom. The quantitative estimate of drug-likeness (QED) is 0.759. The summed E-state index contributed by atoms with van der Waals surface area (Å²) < 4.78 is 37.1. The summed E-state index contributed by atoms with van der Waals surface area (Å²) in [4.78, 5) is 2.25. The highest BCUT2D eigenvalue weighted by Crippen LogP contribution is 2.33. The van der Waals surface area contributed by atoms with Gasteiger partial charge in [0.2, 0.25) is 0 Å². The topological polar surface area (TPSA) is 23.5 Å². The molecule has 1 heterocycles. The minimum absolute atomic E-state index is 0.442. The Morgan fingerprint density at radius 3 is 2.12 bits per heavy atom. The van der Waals surface area contributed by atoms with Gasteiger partial charge in [-0.2, -0.15) is 13.2 Å². The number of hydrogen-bond donors (Lipinski definition) is 1. The number of aliphatic hydroxyl groups is 1. The summed E-state index contributed by atoms with van der Waals surface area (Å²) in [6.07, 6.45) is 0.531. The maximum Gasteiger partial charge on any atom is 0.414 e. The zero-order valence-corrected chi connectivity index (χ0v) is 9.66. The van der Waals surface area contributed by atoms with Crippen LogP contribution in [0, 0.1) is 5.92 Å². The molecule has 0 aromatic rings. The van der Waals surface area contributed by atoms with Crippen molar-refractivity contribution in [1.82, 2.24) is 4.90 Å². The maximum atomic E-state index is 12.4. The van der Waals surface area contributed by atoms with Crippen LogP contribution in [0.15, 0.2) is 12.2 Å². The van der Waals surface area contributed by atoms with Gasteiger partial charge >= 0.3 is 6.18 Å². The van der Waals surface area contributed by atoms with Crippen LogP contribution in [0.5, 0.6) is 0 Å². The summed E-state index contributed by atoms with van der Waals surface area (Å²) in [5, 5.41) is 9.21. The number of likely N-dealkylation sites (tertiary alicyclic amines) is 1. The standard InChI is InChI=1S/C12H18F3NO/c13-12(14,15)11(17)9-5-7-16(8-6-9)10-3-1-2-4-10/h1-2,9-11,17H,3-8H2. The normalized spacial score (nSPS) is 26.6. The van der Waals surface area contributed by atoms with Crippen LogP contribution < -0.4 is 0 Å². The van der Waals surface area contributed by atoms with E-state index >= 15 is 0 Å². The fourth-order valence-electron chi connectivity index (χ4n) is 2.77. The van der Waals surface area contributed by atoms with E-state index in [1.54, 1.807) is 0 Å². The lowest BCUT2D eigenvalue weighted by Crippen LogP contribution is -2.46. The smallest absolute Gasteiger partial charge is 0.383 e. The Labute approximate surface area is 99.1 Å². The molecule has 17 heavy (non-hydrogen) atoms. The molecule has 0 aromatic heterocycles. The third kappa shape index (κ3) is 3.01. The van der Waals surface area contributed by atoms with Crippen molar-refractivity contribution in [2.24, 2.45) is 5.92 Å². The van der Waals surface area contributed by atoms with Gasteiger partial charge in [-0.15, -0.1) is 0 Å². The van der Waals surface area contributed by atoms with Crippen molar-refractivity contribution >= 4 is 0 Å². The largest absolute Gasteiger partial charge is 0.414 e. The van der Waals surface area contributed by atoms with E-state index < -0.39 is 18.2 Å². The fraction of sp³-hybridized carbons (Fsp3) is 0.833. The number of alkyl halides is 3. The summed E-state index contributed by atoms with van der Waals surface area (Å²) >= 11 is 0. The second kappa shape index (κ2) is 4.98. The van der Waals surface area contributed by atoms with Crippen molar-refractivity contribution in [1.29, 1.82) is 0 Å².